The number of aromatic nitrogens is 1. The van der Waals surface area contributed by atoms with Crippen LogP contribution in [0.5, 0.6) is 0 Å². The topological polar surface area (TPSA) is 167 Å². The highest BCUT2D eigenvalue weighted by Crippen LogP contribution is 2.17. The van der Waals surface area contributed by atoms with Crippen molar-refractivity contribution >= 4 is 17.8 Å². The van der Waals surface area contributed by atoms with E-state index in [0.29, 0.717) is 12.8 Å². The van der Waals surface area contributed by atoms with Gasteiger partial charge in [0, 0.05) is 25.9 Å². The Morgan fingerprint density at radius 3 is 2.59 bits per heavy atom. The van der Waals surface area contributed by atoms with Crippen LogP contribution in [0, 0.1) is 5.41 Å². The number of rotatable bonds is 11. The molecule has 2 amide bonds. The summed E-state index contributed by atoms with van der Waals surface area (Å²) in [5, 5.41) is 36.2. The summed E-state index contributed by atoms with van der Waals surface area (Å²) in [5.74, 6) is -1.70. The van der Waals surface area contributed by atoms with E-state index in [-0.39, 0.29) is 24.8 Å². The molecule has 206 valence electrons. The van der Waals surface area contributed by atoms with Crippen LogP contribution >= 0.6 is 0 Å². The van der Waals surface area contributed by atoms with E-state index in [9.17, 15) is 29.7 Å². The van der Waals surface area contributed by atoms with Gasteiger partial charge >= 0.3 is 5.97 Å². The molecule has 1 saturated heterocycles. The molecule has 6 unspecified atom stereocenters. The number of carbonyl (C=O) groups excluding carboxylic acids is 3. The molecular weight excluding hydrogens is 482 g/mol. The molecule has 0 saturated carbocycles. The molecule has 2 heterocycles. The Kier molecular flexibility index (Phi) is 11.6. The lowest BCUT2D eigenvalue weighted by molar-refractivity contribution is -0.151. The summed E-state index contributed by atoms with van der Waals surface area (Å²) in [6.07, 6.45) is 0.521. The number of hydrogen-bond donors (Lipinski definition) is 5. The second-order valence-electron chi connectivity index (χ2n) is 10.2. The molecule has 11 heteroatoms. The molecule has 1 fully saturated rings. The monoisotopic (exact) mass is 521 g/mol. The minimum Gasteiger partial charge on any atom is -0.460 e. The normalized spacial score (nSPS) is 21.9. The molecule has 0 aromatic carbocycles. The number of pyridine rings is 1. The third-order valence-corrected chi connectivity index (χ3v) is 5.87. The van der Waals surface area contributed by atoms with Crippen molar-refractivity contribution in [1.29, 1.82) is 0 Å². The van der Waals surface area contributed by atoms with Crippen molar-refractivity contribution in [3.05, 3.63) is 42.2 Å². The molecular formula is C26H39N3O8. The van der Waals surface area contributed by atoms with Gasteiger partial charge in [-0.3, -0.25) is 19.4 Å². The van der Waals surface area contributed by atoms with E-state index < -0.39 is 54.3 Å². The largest absolute Gasteiger partial charge is 0.460 e. The maximum absolute atomic E-state index is 12.8. The first kappa shape index (κ1) is 30.4. The summed E-state index contributed by atoms with van der Waals surface area (Å²) < 4.78 is 10.6. The van der Waals surface area contributed by atoms with Crippen molar-refractivity contribution in [1.82, 2.24) is 15.6 Å². The lowest BCUT2D eigenvalue weighted by Crippen LogP contribution is -2.55. The number of aliphatic hydroxyl groups is 3. The molecule has 5 N–H and O–H groups in total. The van der Waals surface area contributed by atoms with Crippen LogP contribution in [-0.2, 0) is 30.3 Å². The highest BCUT2D eigenvalue weighted by Gasteiger charge is 2.37. The number of esters is 1. The standard InChI is InChI=1S/C26H39N3O8/c1-26(2,3)12-11-19(30)21(32)22(33)23(36-4)25(35)29-18-9-8-17(15-28-24(18)34)37-20(31)10-7-16-6-5-13-27-14-16/h5-6,11-14,17-19,21-23,30,32-33H,7-10,15H2,1-4H3,(H,28,34)(H,29,35)/b12-11+. The fourth-order valence-corrected chi connectivity index (χ4v) is 3.74. The minimum absolute atomic E-state index is 0.102. The van der Waals surface area contributed by atoms with E-state index in [4.69, 9.17) is 9.47 Å². The highest BCUT2D eigenvalue weighted by atomic mass is 16.5. The van der Waals surface area contributed by atoms with Gasteiger partial charge in [0.15, 0.2) is 6.10 Å². The van der Waals surface area contributed by atoms with E-state index in [1.807, 2.05) is 26.8 Å². The van der Waals surface area contributed by atoms with Crippen molar-refractivity contribution in [2.75, 3.05) is 13.7 Å². The van der Waals surface area contributed by atoms with Crippen molar-refractivity contribution in [2.24, 2.45) is 5.41 Å². The third kappa shape index (κ3) is 10.2. The molecule has 11 nitrogen and oxygen atoms in total. The molecule has 1 aromatic rings. The van der Waals surface area contributed by atoms with Gasteiger partial charge in [0.1, 0.15) is 30.5 Å². The Morgan fingerprint density at radius 2 is 1.97 bits per heavy atom. The van der Waals surface area contributed by atoms with E-state index >= 15 is 0 Å². The maximum Gasteiger partial charge on any atom is 0.306 e. The summed E-state index contributed by atoms with van der Waals surface area (Å²) in [6, 6.07) is 2.70. The molecule has 0 bridgehead atoms. The Balaban J connectivity index is 1.89. The van der Waals surface area contributed by atoms with Crippen LogP contribution in [0.3, 0.4) is 0 Å². The maximum atomic E-state index is 12.8. The molecule has 0 radical (unpaired) electrons. The first-order valence-electron chi connectivity index (χ1n) is 12.3. The molecule has 0 aliphatic carbocycles. The highest BCUT2D eigenvalue weighted by molar-refractivity contribution is 5.89. The number of nitrogens with zero attached hydrogens (tertiary/aromatic N) is 1. The second kappa shape index (κ2) is 14.2. The number of amides is 2. The zero-order chi connectivity index (χ0) is 27.6. The fourth-order valence-electron chi connectivity index (χ4n) is 3.74. The lowest BCUT2D eigenvalue weighted by atomic mass is 9.94. The molecule has 2 rings (SSSR count). The second-order valence-corrected chi connectivity index (χ2v) is 10.2. The first-order valence-corrected chi connectivity index (χ1v) is 12.3. The molecule has 0 spiro atoms. The molecule has 37 heavy (non-hydrogen) atoms. The first-order chi connectivity index (χ1) is 17.4. The van der Waals surface area contributed by atoms with Gasteiger partial charge in [0.25, 0.3) is 5.91 Å². The number of allylic oxidation sites excluding steroid dienone is 1. The van der Waals surface area contributed by atoms with Crippen LogP contribution in [0.25, 0.3) is 0 Å². The number of methoxy groups -OCH3 is 1. The Hall–Kier alpha value is -2.86. The number of aryl methyl sites for hydroxylation is 1. The van der Waals surface area contributed by atoms with Gasteiger partial charge in [0.05, 0.1) is 6.54 Å². The van der Waals surface area contributed by atoms with Crippen LogP contribution < -0.4 is 10.6 Å². The number of hydrogen-bond acceptors (Lipinski definition) is 9. The van der Waals surface area contributed by atoms with Gasteiger partial charge in [-0.15, -0.1) is 0 Å². The summed E-state index contributed by atoms with van der Waals surface area (Å²) in [7, 11) is 1.17. The Morgan fingerprint density at radius 1 is 1.24 bits per heavy atom. The van der Waals surface area contributed by atoms with Crippen LogP contribution in [0.15, 0.2) is 36.7 Å². The zero-order valence-corrected chi connectivity index (χ0v) is 21.8. The average molecular weight is 522 g/mol. The SMILES string of the molecule is COC(C(=O)NC1CCC(OC(=O)CCc2cccnc2)CNC1=O)C(O)C(O)C(O)/C=C/C(C)(C)C. The molecule has 6 atom stereocenters. The van der Waals surface area contributed by atoms with Gasteiger partial charge in [0.2, 0.25) is 5.91 Å². The van der Waals surface area contributed by atoms with E-state index in [1.54, 1.807) is 24.5 Å². The van der Waals surface area contributed by atoms with Crippen molar-refractivity contribution in [3.63, 3.8) is 0 Å². The van der Waals surface area contributed by atoms with Gasteiger partial charge in [-0.05, 0) is 36.3 Å². The zero-order valence-electron chi connectivity index (χ0n) is 21.8. The number of ether oxygens (including phenoxy) is 2. The van der Waals surface area contributed by atoms with E-state index in [2.05, 4.69) is 15.6 Å². The summed E-state index contributed by atoms with van der Waals surface area (Å²) in [5.41, 5.74) is 0.649. The average Bonchev–Trinajstić information content (AvgIpc) is 3.02. The number of carbonyl (C=O) groups is 3. The smallest absolute Gasteiger partial charge is 0.306 e. The fraction of sp³-hybridized carbons (Fsp3) is 0.615. The quantitative estimate of drug-likeness (QED) is 0.199. The lowest BCUT2D eigenvalue weighted by Gasteiger charge is -2.28. The number of nitrogens with one attached hydrogen (secondary N) is 2. The predicted molar refractivity (Wildman–Crippen MR) is 134 cm³/mol. The molecule has 1 aromatic heterocycles. The van der Waals surface area contributed by atoms with E-state index in [1.165, 1.54) is 13.2 Å². The Bertz CT molecular complexity index is 918. The van der Waals surface area contributed by atoms with Crippen LogP contribution in [-0.4, -0.2) is 88.3 Å². The van der Waals surface area contributed by atoms with Crippen LogP contribution in [0.2, 0.25) is 0 Å². The van der Waals surface area contributed by atoms with Crippen LogP contribution in [0.1, 0.15) is 45.6 Å². The van der Waals surface area contributed by atoms with Crippen molar-refractivity contribution < 1.29 is 39.2 Å². The van der Waals surface area contributed by atoms with Crippen LogP contribution in [0.4, 0.5) is 0 Å². The predicted octanol–water partition coefficient (Wildman–Crippen LogP) is 0.0208. The summed E-state index contributed by atoms with van der Waals surface area (Å²) in [6.45, 7) is 5.80. The van der Waals surface area contributed by atoms with Crippen molar-refractivity contribution in [2.45, 2.75) is 83.0 Å². The molecule has 1 aliphatic rings. The van der Waals surface area contributed by atoms with Gasteiger partial charge < -0.3 is 35.4 Å². The number of aliphatic hydroxyl groups excluding tert-OH is 3. The van der Waals surface area contributed by atoms with Gasteiger partial charge in [-0.2, -0.15) is 0 Å². The molecule has 1 aliphatic heterocycles. The van der Waals surface area contributed by atoms with Gasteiger partial charge in [-0.1, -0.05) is 39.0 Å². The third-order valence-electron chi connectivity index (χ3n) is 5.87. The Labute approximate surface area is 217 Å². The summed E-state index contributed by atoms with van der Waals surface area (Å²) in [4.78, 5) is 41.6. The summed E-state index contributed by atoms with van der Waals surface area (Å²) >= 11 is 0. The minimum atomic E-state index is -1.76. The van der Waals surface area contributed by atoms with Crippen molar-refractivity contribution in [3.8, 4) is 0 Å². The van der Waals surface area contributed by atoms with Gasteiger partial charge in [-0.25, -0.2) is 0 Å². The van der Waals surface area contributed by atoms with E-state index in [0.717, 1.165) is 5.56 Å².